The Morgan fingerprint density at radius 3 is 1.31 bits per heavy atom. The van der Waals surface area contributed by atoms with E-state index in [-0.39, 0.29) is 0 Å². The number of benzene rings is 2. The molecule has 6 bridgehead atoms. The van der Waals surface area contributed by atoms with E-state index in [1.54, 1.807) is 0 Å². The Morgan fingerprint density at radius 1 is 0.444 bits per heavy atom. The van der Waals surface area contributed by atoms with Crippen LogP contribution < -0.4 is 9.47 Å². The summed E-state index contributed by atoms with van der Waals surface area (Å²) in [5.41, 5.74) is 4.06. The third-order valence-electron chi connectivity index (χ3n) is 6.32. The summed E-state index contributed by atoms with van der Waals surface area (Å²) in [7, 11) is 0. The van der Waals surface area contributed by atoms with Crippen LogP contribution in [0.2, 0.25) is 0 Å². The van der Waals surface area contributed by atoms with Gasteiger partial charge in [-0.3, -0.25) is 4.98 Å². The van der Waals surface area contributed by atoms with Gasteiger partial charge in [0.25, 0.3) is 0 Å². The molecule has 0 saturated heterocycles. The van der Waals surface area contributed by atoms with Gasteiger partial charge < -0.3 is 18.9 Å². The fraction of sp³-hybridized carbons (Fsp3) is 0.452. The van der Waals surface area contributed by atoms with Crippen LogP contribution in [-0.4, -0.2) is 18.2 Å². The molecular weight excluding hydrogens is 450 g/mol. The van der Waals surface area contributed by atoms with Crippen molar-refractivity contribution in [2.24, 2.45) is 0 Å². The molecular formula is C31H39NO4. The van der Waals surface area contributed by atoms with E-state index in [4.69, 9.17) is 18.9 Å². The first-order valence-electron chi connectivity index (χ1n) is 13.4. The normalized spacial score (nSPS) is 17.2. The highest BCUT2D eigenvalue weighted by atomic mass is 16.5. The van der Waals surface area contributed by atoms with Gasteiger partial charge in [0.1, 0.15) is 11.5 Å². The second-order valence-electron chi connectivity index (χ2n) is 9.42. The summed E-state index contributed by atoms with van der Waals surface area (Å²) in [5, 5.41) is 0. The van der Waals surface area contributed by atoms with Gasteiger partial charge in [-0.15, -0.1) is 0 Å². The van der Waals surface area contributed by atoms with Gasteiger partial charge in [-0.05, 0) is 60.4 Å². The van der Waals surface area contributed by atoms with E-state index < -0.39 is 0 Å². The molecule has 0 fully saturated rings. The molecule has 0 N–H and O–H groups in total. The lowest BCUT2D eigenvalue weighted by atomic mass is 10.1. The minimum Gasteiger partial charge on any atom is -0.494 e. The van der Waals surface area contributed by atoms with Crippen LogP contribution in [0.25, 0.3) is 0 Å². The molecule has 0 atom stereocenters. The monoisotopic (exact) mass is 489 g/mol. The molecule has 4 aliphatic heterocycles. The van der Waals surface area contributed by atoms with Gasteiger partial charge in [-0.1, -0.05) is 68.9 Å². The van der Waals surface area contributed by atoms with Crippen LogP contribution in [0.4, 0.5) is 0 Å². The fourth-order valence-electron chi connectivity index (χ4n) is 4.25. The number of aromatic nitrogens is 1. The lowest BCUT2D eigenvalue weighted by Gasteiger charge is -2.09. The van der Waals surface area contributed by atoms with Crippen LogP contribution in [-0.2, 0) is 35.9 Å². The zero-order chi connectivity index (χ0) is 24.7. The Hall–Kier alpha value is -2.89. The second kappa shape index (κ2) is 15.3. The summed E-state index contributed by atoms with van der Waals surface area (Å²) >= 11 is 0. The molecule has 0 saturated carbocycles. The largest absolute Gasteiger partial charge is 0.494 e. The smallest absolute Gasteiger partial charge is 0.119 e. The van der Waals surface area contributed by atoms with Gasteiger partial charge >= 0.3 is 0 Å². The molecule has 2 aromatic carbocycles. The van der Waals surface area contributed by atoms with Crippen LogP contribution >= 0.6 is 0 Å². The molecule has 0 spiro atoms. The van der Waals surface area contributed by atoms with Gasteiger partial charge in [0.2, 0.25) is 0 Å². The molecule has 3 aromatic rings. The van der Waals surface area contributed by atoms with E-state index in [9.17, 15) is 0 Å². The van der Waals surface area contributed by atoms with Crippen molar-refractivity contribution in [1.29, 1.82) is 0 Å². The van der Waals surface area contributed by atoms with Crippen LogP contribution in [0, 0.1) is 0 Å². The Kier molecular flexibility index (Phi) is 11.1. The molecule has 7 rings (SSSR count). The quantitative estimate of drug-likeness (QED) is 0.329. The summed E-state index contributed by atoms with van der Waals surface area (Å²) in [5.74, 6) is 1.85. The lowest BCUT2D eigenvalue weighted by molar-refractivity contribution is 0.0980. The van der Waals surface area contributed by atoms with Crippen molar-refractivity contribution < 1.29 is 18.9 Å². The van der Waals surface area contributed by atoms with Crippen LogP contribution in [0.3, 0.4) is 0 Å². The SMILES string of the molecule is c1cc2nc(c1)COCc1ccc(cc1)OCCCCCCCCCCOc1ccc(cc1)COC2. The number of ether oxygens (including phenoxy) is 4. The van der Waals surface area contributed by atoms with E-state index >= 15 is 0 Å². The number of hydrogen-bond donors (Lipinski definition) is 0. The predicted molar refractivity (Wildman–Crippen MR) is 142 cm³/mol. The van der Waals surface area contributed by atoms with Crippen molar-refractivity contribution in [3.63, 3.8) is 0 Å². The van der Waals surface area contributed by atoms with Crippen molar-refractivity contribution in [2.45, 2.75) is 77.8 Å². The number of nitrogens with zero attached hydrogens (tertiary/aromatic N) is 1. The molecule has 36 heavy (non-hydrogen) atoms. The molecule has 0 amide bonds. The van der Waals surface area contributed by atoms with Gasteiger partial charge in [0.15, 0.2) is 0 Å². The van der Waals surface area contributed by atoms with Gasteiger partial charge in [-0.25, -0.2) is 0 Å². The van der Waals surface area contributed by atoms with E-state index in [1.807, 2.05) is 42.5 Å². The Labute approximate surface area is 215 Å². The third-order valence-corrected chi connectivity index (χ3v) is 6.32. The Balaban J connectivity index is 1.29. The van der Waals surface area contributed by atoms with Crippen molar-refractivity contribution in [1.82, 2.24) is 4.98 Å². The molecule has 1 aromatic heterocycles. The van der Waals surface area contributed by atoms with Gasteiger partial charge in [-0.2, -0.15) is 0 Å². The third kappa shape index (κ3) is 9.63. The summed E-state index contributed by atoms with van der Waals surface area (Å²) in [6, 6.07) is 22.4. The zero-order valence-electron chi connectivity index (χ0n) is 21.3. The highest BCUT2D eigenvalue weighted by Gasteiger charge is 2.03. The van der Waals surface area contributed by atoms with Gasteiger partial charge in [0.05, 0.1) is 51.0 Å². The van der Waals surface area contributed by atoms with Crippen molar-refractivity contribution in [2.75, 3.05) is 13.2 Å². The van der Waals surface area contributed by atoms with E-state index in [0.717, 1.165) is 60.1 Å². The molecule has 5 nitrogen and oxygen atoms in total. The highest BCUT2D eigenvalue weighted by Crippen LogP contribution is 2.17. The zero-order valence-corrected chi connectivity index (χ0v) is 21.3. The van der Waals surface area contributed by atoms with Gasteiger partial charge in [0, 0.05) is 0 Å². The molecule has 0 aliphatic carbocycles. The summed E-state index contributed by atoms with van der Waals surface area (Å²) in [6.45, 7) is 3.58. The lowest BCUT2D eigenvalue weighted by Crippen LogP contribution is -2.02. The van der Waals surface area contributed by atoms with Crippen LogP contribution in [0.1, 0.15) is 73.9 Å². The highest BCUT2D eigenvalue weighted by molar-refractivity contribution is 5.27. The van der Waals surface area contributed by atoms with Crippen molar-refractivity contribution in [3.8, 4) is 11.5 Å². The first-order chi connectivity index (χ1) is 17.8. The average molecular weight is 490 g/mol. The summed E-state index contributed by atoms with van der Waals surface area (Å²) < 4.78 is 23.6. The first-order valence-corrected chi connectivity index (χ1v) is 13.4. The molecule has 192 valence electrons. The molecule has 5 heterocycles. The average Bonchev–Trinajstić information content (AvgIpc) is 2.91. The van der Waals surface area contributed by atoms with Crippen molar-refractivity contribution >= 4 is 0 Å². The molecule has 5 heteroatoms. The molecule has 4 aliphatic rings. The second-order valence-corrected chi connectivity index (χ2v) is 9.42. The maximum Gasteiger partial charge on any atom is 0.119 e. The molecule has 0 radical (unpaired) electrons. The minimum atomic E-state index is 0.466. The summed E-state index contributed by atoms with van der Waals surface area (Å²) in [4.78, 5) is 4.68. The minimum absolute atomic E-state index is 0.466. The van der Waals surface area contributed by atoms with Crippen molar-refractivity contribution in [3.05, 3.63) is 89.2 Å². The van der Waals surface area contributed by atoms with Crippen LogP contribution in [0.5, 0.6) is 11.5 Å². The first kappa shape index (κ1) is 26.2. The topological polar surface area (TPSA) is 49.8 Å². The Bertz CT molecular complexity index is 925. The number of rotatable bonds is 0. The Morgan fingerprint density at radius 2 is 0.861 bits per heavy atom. The van der Waals surface area contributed by atoms with Crippen LogP contribution in [0.15, 0.2) is 66.7 Å². The van der Waals surface area contributed by atoms with E-state index in [0.29, 0.717) is 26.4 Å². The maximum absolute atomic E-state index is 5.91. The number of hydrogen-bond acceptors (Lipinski definition) is 5. The fourth-order valence-corrected chi connectivity index (χ4v) is 4.25. The number of pyridine rings is 1. The van der Waals surface area contributed by atoms with E-state index in [1.165, 1.54) is 38.5 Å². The molecule has 0 unspecified atom stereocenters. The summed E-state index contributed by atoms with van der Waals surface area (Å²) in [6.07, 6.45) is 9.84. The predicted octanol–water partition coefficient (Wildman–Crippen LogP) is 7.41. The maximum atomic E-state index is 5.91. The van der Waals surface area contributed by atoms with E-state index in [2.05, 4.69) is 29.2 Å². The standard InChI is InChI=1S/C31H39NO4/c1-2-4-6-8-21-36-31-18-14-27(15-19-31)23-34-25-29-11-9-10-28(32-29)24-33-22-26-12-16-30(17-13-26)35-20-7-5-3-1/h9-19H,1-8,20-25H2.